The molecule has 2 bridgehead atoms. The zero-order valence-corrected chi connectivity index (χ0v) is 40.7. The molecule has 1 saturated carbocycles. The molecule has 4 heterocycles. The van der Waals surface area contributed by atoms with Gasteiger partial charge in [0, 0.05) is 25.7 Å². The van der Waals surface area contributed by atoms with Crippen LogP contribution in [0.3, 0.4) is 0 Å². The second-order valence-electron chi connectivity index (χ2n) is 20.1. The standard InChI is InChI=1S/C49H75N3O17/c1-7-9-11-20-48(21-12-10-8-2)67-39-32-24-49(46(62)51-35(28(3)55)43(60)50-31(26-53)18-19-34(56)66-47(4,5)6)41(44(61)64-32)52(69-42(49)40(39)68-48)25-30-16-13-15-29(23-30)17-14-22-63-45-38(59)37(58)36(57)33(27-54)65-45/h13-17,23,28,31-33,35-42,45,53-55,57-59H,7-12,18-22,24-27H2,1-6H3,(H,50,60)(H,51,62)/t28-,31-,32?,33+,35+,36-,37-,38+,39-,40-,41-,42+,45-,49?/m0/s1. The summed E-state index contributed by atoms with van der Waals surface area (Å²) in [7, 11) is 0. The van der Waals surface area contributed by atoms with E-state index >= 15 is 4.79 Å². The molecule has 0 spiro atoms. The normalized spacial score (nSPS) is 32.0. The van der Waals surface area contributed by atoms with Crippen LogP contribution >= 0.6 is 0 Å². The van der Waals surface area contributed by atoms with Gasteiger partial charge in [-0.1, -0.05) is 75.9 Å². The summed E-state index contributed by atoms with van der Waals surface area (Å²) < 4.78 is 36.4. The number of unbranched alkanes of at least 4 members (excludes halogenated alkanes) is 4. The van der Waals surface area contributed by atoms with Crippen molar-refractivity contribution in [1.29, 1.82) is 0 Å². The molecule has 1 aliphatic carbocycles. The quantitative estimate of drug-likeness (QED) is 0.0537. The molecule has 6 rings (SSSR count). The van der Waals surface area contributed by atoms with Crippen LogP contribution in [0.1, 0.15) is 123 Å². The predicted molar refractivity (Wildman–Crippen MR) is 245 cm³/mol. The van der Waals surface area contributed by atoms with Gasteiger partial charge in [0.1, 0.15) is 65.9 Å². The summed E-state index contributed by atoms with van der Waals surface area (Å²) in [5.41, 5.74) is -1.06. The summed E-state index contributed by atoms with van der Waals surface area (Å²) in [6.07, 6.45) is -2.31. The Bertz CT molecular complexity index is 1920. The van der Waals surface area contributed by atoms with Crippen LogP contribution in [0.2, 0.25) is 0 Å². The maximum atomic E-state index is 15.2. The van der Waals surface area contributed by atoms with Gasteiger partial charge in [0.05, 0.1) is 38.5 Å². The van der Waals surface area contributed by atoms with Crippen LogP contribution in [0.15, 0.2) is 30.3 Å². The van der Waals surface area contributed by atoms with Gasteiger partial charge in [-0.25, -0.2) is 0 Å². The van der Waals surface area contributed by atoms with Gasteiger partial charge in [-0.2, -0.15) is 5.06 Å². The first-order valence-corrected chi connectivity index (χ1v) is 24.6. The van der Waals surface area contributed by atoms with E-state index in [9.17, 15) is 45.0 Å². The minimum absolute atomic E-state index is 0.00839. The SMILES string of the molecule is CCCCCC1(CCCCC)O[C@@H]2[C@H]3ON(Cc4cccc(C=CCO[C@H]5O[C@H](CO)[C@H](O)[C@H](O)[C@H]5O)c4)[C@H]4C(=O)OC(CC34C(=O)N[C@@H](C(=O)N[C@H](CO)CCC(=O)OC(C)(C)C)[C@H](C)O)[C@@H]2O1. The molecule has 8 N–H and O–H groups in total. The third-order valence-electron chi connectivity index (χ3n) is 13.5. The van der Waals surface area contributed by atoms with Crippen molar-refractivity contribution >= 4 is 29.8 Å². The Morgan fingerprint density at radius 2 is 1.67 bits per heavy atom. The van der Waals surface area contributed by atoms with Crippen molar-refractivity contribution in [3.63, 3.8) is 0 Å². The second-order valence-corrected chi connectivity index (χ2v) is 20.1. The summed E-state index contributed by atoms with van der Waals surface area (Å²) in [6.45, 7) is 9.51. The fourth-order valence-corrected chi connectivity index (χ4v) is 10.1. The lowest BCUT2D eigenvalue weighted by atomic mass is 9.62. The monoisotopic (exact) mass is 978 g/mol. The Morgan fingerprint density at radius 3 is 2.30 bits per heavy atom. The average molecular weight is 978 g/mol. The number of aliphatic hydroxyl groups is 6. The number of carbonyl (C=O) groups is 4. The van der Waals surface area contributed by atoms with Crippen LogP contribution in [0.25, 0.3) is 6.08 Å². The van der Waals surface area contributed by atoms with Gasteiger partial charge in [0.15, 0.2) is 18.1 Å². The second kappa shape index (κ2) is 23.7. The molecular formula is C49H75N3O17. The number of hydrogen-bond acceptors (Lipinski definition) is 18. The van der Waals surface area contributed by atoms with E-state index in [1.165, 1.54) is 12.0 Å². The van der Waals surface area contributed by atoms with Gasteiger partial charge in [-0.05, 0) is 58.1 Å². The largest absolute Gasteiger partial charge is 0.460 e. The van der Waals surface area contributed by atoms with E-state index in [4.69, 9.17) is 33.3 Å². The van der Waals surface area contributed by atoms with Crippen molar-refractivity contribution in [3.05, 3.63) is 41.5 Å². The van der Waals surface area contributed by atoms with E-state index in [1.54, 1.807) is 39.0 Å². The predicted octanol–water partition coefficient (Wildman–Crippen LogP) is 1.42. The number of nitrogens with one attached hydrogen (secondary N) is 2. The highest BCUT2D eigenvalue weighted by Crippen LogP contribution is 2.58. The lowest BCUT2D eigenvalue weighted by Crippen LogP contribution is -2.71. The number of rotatable bonds is 24. The van der Waals surface area contributed by atoms with E-state index < -0.39 is 133 Å². The van der Waals surface area contributed by atoms with E-state index in [0.717, 1.165) is 38.5 Å². The smallest absolute Gasteiger partial charge is 0.327 e. The molecule has 4 saturated heterocycles. The number of amides is 2. The number of fused-ring (bicyclic) bond motifs is 4. The third-order valence-corrected chi connectivity index (χ3v) is 13.5. The molecule has 2 amide bonds. The minimum Gasteiger partial charge on any atom is -0.460 e. The maximum Gasteiger partial charge on any atom is 0.327 e. The van der Waals surface area contributed by atoms with Crippen LogP contribution in [0.4, 0.5) is 0 Å². The molecule has 69 heavy (non-hydrogen) atoms. The van der Waals surface area contributed by atoms with Gasteiger partial charge in [0.2, 0.25) is 11.8 Å². The Labute approximate surface area is 403 Å². The Kier molecular flexibility index (Phi) is 18.8. The summed E-state index contributed by atoms with van der Waals surface area (Å²) in [5, 5.41) is 68.1. The van der Waals surface area contributed by atoms with E-state index in [0.29, 0.717) is 24.0 Å². The lowest BCUT2D eigenvalue weighted by molar-refractivity contribution is -0.298. The summed E-state index contributed by atoms with van der Waals surface area (Å²) in [6, 6.07) is 3.45. The summed E-state index contributed by atoms with van der Waals surface area (Å²) in [4.78, 5) is 62.8. The molecule has 4 aliphatic heterocycles. The van der Waals surface area contributed by atoms with Gasteiger partial charge in [-0.3, -0.25) is 24.0 Å². The number of carbonyl (C=O) groups excluding carboxylic acids is 4. The molecule has 20 heteroatoms. The van der Waals surface area contributed by atoms with E-state index in [1.807, 2.05) is 18.2 Å². The first-order valence-electron chi connectivity index (χ1n) is 24.6. The molecular weight excluding hydrogens is 903 g/mol. The number of nitrogens with zero attached hydrogens (tertiary/aromatic N) is 1. The zero-order valence-electron chi connectivity index (χ0n) is 40.7. The number of benzene rings is 1. The molecule has 0 aromatic heterocycles. The van der Waals surface area contributed by atoms with Crippen LogP contribution < -0.4 is 10.6 Å². The number of ether oxygens (including phenoxy) is 6. The number of aliphatic hydroxyl groups excluding tert-OH is 6. The minimum atomic E-state index is -1.70. The van der Waals surface area contributed by atoms with Crippen molar-refractivity contribution in [2.75, 3.05) is 19.8 Å². The molecule has 20 nitrogen and oxygen atoms in total. The molecule has 14 atom stereocenters. The molecule has 5 aliphatic rings. The Hall–Kier alpha value is -3.64. The highest BCUT2D eigenvalue weighted by molar-refractivity contribution is 5.96. The molecule has 5 fully saturated rings. The van der Waals surface area contributed by atoms with Gasteiger partial charge in [-0.15, -0.1) is 0 Å². The first kappa shape index (κ1) is 54.7. The molecule has 1 aromatic rings. The van der Waals surface area contributed by atoms with Crippen LogP contribution in [-0.2, 0) is 59.0 Å². The van der Waals surface area contributed by atoms with Gasteiger partial charge >= 0.3 is 11.9 Å². The fourth-order valence-electron chi connectivity index (χ4n) is 10.1. The van der Waals surface area contributed by atoms with Crippen molar-refractivity contribution in [2.45, 2.75) is 209 Å². The van der Waals surface area contributed by atoms with Crippen molar-refractivity contribution < 1.29 is 83.1 Å². The van der Waals surface area contributed by atoms with E-state index in [-0.39, 0.29) is 32.4 Å². The summed E-state index contributed by atoms with van der Waals surface area (Å²) in [5.74, 6) is -3.85. The molecule has 388 valence electrons. The van der Waals surface area contributed by atoms with Crippen molar-refractivity contribution in [3.8, 4) is 0 Å². The molecule has 0 radical (unpaired) electrons. The van der Waals surface area contributed by atoms with Crippen LogP contribution in [0, 0.1) is 5.41 Å². The van der Waals surface area contributed by atoms with Gasteiger partial charge in [0.25, 0.3) is 0 Å². The first-order chi connectivity index (χ1) is 32.8. The number of hydrogen-bond donors (Lipinski definition) is 8. The number of hydroxylamine groups is 2. The third kappa shape index (κ3) is 12.7. The maximum absolute atomic E-state index is 15.2. The highest BCUT2D eigenvalue weighted by atomic mass is 16.8. The van der Waals surface area contributed by atoms with Crippen LogP contribution in [0.5, 0.6) is 0 Å². The lowest BCUT2D eigenvalue weighted by Gasteiger charge is -2.49. The van der Waals surface area contributed by atoms with Crippen molar-refractivity contribution in [1.82, 2.24) is 15.7 Å². The number of esters is 2. The average Bonchev–Trinajstić information content (AvgIpc) is 3.86. The Balaban J connectivity index is 1.25. The van der Waals surface area contributed by atoms with Gasteiger partial charge < -0.3 is 69.7 Å². The molecule has 2 unspecified atom stereocenters. The highest BCUT2D eigenvalue weighted by Gasteiger charge is 2.76. The van der Waals surface area contributed by atoms with Crippen molar-refractivity contribution in [2.24, 2.45) is 5.41 Å². The fraction of sp³-hybridized carbons (Fsp3) is 0.755. The topological polar surface area (TPSA) is 282 Å². The zero-order chi connectivity index (χ0) is 50.3. The van der Waals surface area contributed by atoms with Crippen LogP contribution in [-0.4, -0.2) is 170 Å². The Morgan fingerprint density at radius 1 is 0.971 bits per heavy atom. The summed E-state index contributed by atoms with van der Waals surface area (Å²) >= 11 is 0. The molecule has 1 aromatic carbocycles. The van der Waals surface area contributed by atoms with E-state index in [2.05, 4.69) is 24.5 Å².